The molecule has 4 nitrogen and oxygen atoms in total. The van der Waals surface area contributed by atoms with Crippen LogP contribution in [0, 0.1) is 6.92 Å². The molecule has 0 atom stereocenters. The van der Waals surface area contributed by atoms with Crippen LogP contribution in [0.1, 0.15) is 26.6 Å². The highest BCUT2D eigenvalue weighted by molar-refractivity contribution is 7.09. The van der Waals surface area contributed by atoms with E-state index in [-0.39, 0.29) is 5.91 Å². The summed E-state index contributed by atoms with van der Waals surface area (Å²) in [6.07, 6.45) is 0.701. The van der Waals surface area contributed by atoms with Crippen molar-refractivity contribution in [2.75, 3.05) is 12.4 Å². The SMILES string of the molecule is COc1ccc(Cc2nc(C(=O)Nc3cccc(C)c3)cs2)cc1. The van der Waals surface area contributed by atoms with Gasteiger partial charge >= 0.3 is 0 Å². The highest BCUT2D eigenvalue weighted by Crippen LogP contribution is 2.18. The van der Waals surface area contributed by atoms with Gasteiger partial charge in [-0.25, -0.2) is 4.98 Å². The molecule has 122 valence electrons. The van der Waals surface area contributed by atoms with Gasteiger partial charge in [0, 0.05) is 17.5 Å². The van der Waals surface area contributed by atoms with Gasteiger partial charge in [0.1, 0.15) is 11.4 Å². The summed E-state index contributed by atoms with van der Waals surface area (Å²) in [6, 6.07) is 15.6. The van der Waals surface area contributed by atoms with Crippen LogP contribution in [-0.2, 0) is 6.42 Å². The van der Waals surface area contributed by atoms with Crippen molar-refractivity contribution >= 4 is 22.9 Å². The Kier molecular flexibility index (Phi) is 4.91. The van der Waals surface area contributed by atoms with Gasteiger partial charge in [0.25, 0.3) is 5.91 Å². The van der Waals surface area contributed by atoms with E-state index in [2.05, 4.69) is 10.3 Å². The van der Waals surface area contributed by atoms with Gasteiger partial charge < -0.3 is 10.1 Å². The van der Waals surface area contributed by atoms with E-state index in [9.17, 15) is 4.79 Å². The average Bonchev–Trinajstić information content (AvgIpc) is 3.04. The zero-order chi connectivity index (χ0) is 16.9. The number of aryl methyl sites for hydroxylation is 1. The molecule has 3 rings (SSSR count). The van der Waals surface area contributed by atoms with Crippen molar-refractivity contribution in [1.82, 2.24) is 4.98 Å². The van der Waals surface area contributed by atoms with Gasteiger partial charge in [-0.15, -0.1) is 11.3 Å². The number of amides is 1. The van der Waals surface area contributed by atoms with Gasteiger partial charge in [-0.1, -0.05) is 24.3 Å². The van der Waals surface area contributed by atoms with E-state index >= 15 is 0 Å². The molecule has 0 aliphatic carbocycles. The average molecular weight is 338 g/mol. The maximum absolute atomic E-state index is 12.3. The second-order valence-electron chi connectivity index (χ2n) is 5.47. The molecular weight excluding hydrogens is 320 g/mol. The molecule has 0 saturated heterocycles. The fourth-order valence-corrected chi connectivity index (χ4v) is 3.14. The van der Waals surface area contributed by atoms with Crippen molar-refractivity contribution in [2.45, 2.75) is 13.3 Å². The standard InChI is InChI=1S/C19H18N2O2S/c1-13-4-3-5-15(10-13)20-19(22)17-12-24-18(21-17)11-14-6-8-16(23-2)9-7-14/h3-10,12H,11H2,1-2H3,(H,20,22). The van der Waals surface area contributed by atoms with Gasteiger partial charge in [0.05, 0.1) is 12.1 Å². The first-order valence-corrected chi connectivity index (χ1v) is 8.47. The molecule has 0 spiro atoms. The predicted octanol–water partition coefficient (Wildman–Crippen LogP) is 4.30. The lowest BCUT2D eigenvalue weighted by Crippen LogP contribution is -2.12. The Hall–Kier alpha value is -2.66. The normalized spacial score (nSPS) is 10.4. The maximum Gasteiger partial charge on any atom is 0.275 e. The number of benzene rings is 2. The number of methoxy groups -OCH3 is 1. The summed E-state index contributed by atoms with van der Waals surface area (Å²) in [4.78, 5) is 16.7. The number of anilines is 1. The lowest BCUT2D eigenvalue weighted by atomic mass is 10.1. The molecule has 5 heteroatoms. The van der Waals surface area contributed by atoms with Crippen LogP contribution in [0.4, 0.5) is 5.69 Å². The van der Waals surface area contributed by atoms with Gasteiger partial charge in [-0.3, -0.25) is 4.79 Å². The van der Waals surface area contributed by atoms with Gasteiger partial charge in [0.2, 0.25) is 0 Å². The van der Waals surface area contributed by atoms with Gasteiger partial charge in [0.15, 0.2) is 0 Å². The molecule has 24 heavy (non-hydrogen) atoms. The number of thiazole rings is 1. The van der Waals surface area contributed by atoms with Crippen molar-refractivity contribution in [3.8, 4) is 5.75 Å². The quantitative estimate of drug-likeness (QED) is 0.754. The first-order valence-electron chi connectivity index (χ1n) is 7.59. The third-order valence-corrected chi connectivity index (χ3v) is 4.42. The van der Waals surface area contributed by atoms with Gasteiger partial charge in [-0.2, -0.15) is 0 Å². The Morgan fingerprint density at radius 3 is 2.71 bits per heavy atom. The topological polar surface area (TPSA) is 51.2 Å². The summed E-state index contributed by atoms with van der Waals surface area (Å²) in [5.74, 6) is 0.647. The van der Waals surface area contributed by atoms with E-state index in [1.54, 1.807) is 12.5 Å². The highest BCUT2D eigenvalue weighted by atomic mass is 32.1. The predicted molar refractivity (Wildman–Crippen MR) is 97.0 cm³/mol. The molecule has 0 aliphatic rings. The van der Waals surface area contributed by atoms with Gasteiger partial charge in [-0.05, 0) is 42.3 Å². The smallest absolute Gasteiger partial charge is 0.275 e. The molecule has 0 saturated carbocycles. The van der Waals surface area contributed by atoms with Crippen molar-refractivity contribution in [2.24, 2.45) is 0 Å². The van der Waals surface area contributed by atoms with E-state index in [1.807, 2.05) is 55.5 Å². The van der Waals surface area contributed by atoms with E-state index < -0.39 is 0 Å². The lowest BCUT2D eigenvalue weighted by Gasteiger charge is -2.04. The summed E-state index contributed by atoms with van der Waals surface area (Å²) >= 11 is 1.49. The summed E-state index contributed by atoms with van der Waals surface area (Å²) in [5, 5.41) is 5.59. The fourth-order valence-electron chi connectivity index (χ4n) is 2.33. The maximum atomic E-state index is 12.3. The van der Waals surface area contributed by atoms with Crippen LogP contribution in [-0.4, -0.2) is 18.0 Å². The van der Waals surface area contributed by atoms with Crippen LogP contribution < -0.4 is 10.1 Å². The Labute approximate surface area is 145 Å². The van der Waals surface area contributed by atoms with E-state index in [1.165, 1.54) is 11.3 Å². The number of nitrogens with zero attached hydrogens (tertiary/aromatic N) is 1. The first kappa shape index (κ1) is 16.2. The molecule has 3 aromatic rings. The second-order valence-corrected chi connectivity index (χ2v) is 6.42. The monoisotopic (exact) mass is 338 g/mol. The molecule has 0 fully saturated rings. The number of ether oxygens (including phenoxy) is 1. The summed E-state index contributed by atoms with van der Waals surface area (Å²) in [5.41, 5.74) is 3.47. The molecule has 0 bridgehead atoms. The van der Waals surface area contributed by atoms with Crippen molar-refractivity contribution in [3.63, 3.8) is 0 Å². The molecule has 1 amide bonds. The highest BCUT2D eigenvalue weighted by Gasteiger charge is 2.11. The molecular formula is C19H18N2O2S. The third-order valence-electron chi connectivity index (χ3n) is 3.57. The van der Waals surface area contributed by atoms with Crippen LogP contribution in [0.3, 0.4) is 0 Å². The molecule has 0 unspecified atom stereocenters. The zero-order valence-electron chi connectivity index (χ0n) is 13.6. The van der Waals surface area contributed by atoms with Crippen LogP contribution in [0.25, 0.3) is 0 Å². The van der Waals surface area contributed by atoms with Crippen LogP contribution in [0.15, 0.2) is 53.9 Å². The molecule has 1 heterocycles. The number of nitrogens with one attached hydrogen (secondary N) is 1. The Bertz CT molecular complexity index is 841. The number of carbonyl (C=O) groups excluding carboxylic acids is 1. The lowest BCUT2D eigenvalue weighted by molar-refractivity contribution is 0.102. The third kappa shape index (κ3) is 4.00. The minimum Gasteiger partial charge on any atom is -0.497 e. The van der Waals surface area contributed by atoms with Crippen LogP contribution in [0.2, 0.25) is 0 Å². The summed E-state index contributed by atoms with van der Waals surface area (Å²) in [7, 11) is 1.65. The fraction of sp³-hybridized carbons (Fsp3) is 0.158. The first-order chi connectivity index (χ1) is 11.6. The minimum absolute atomic E-state index is 0.183. The Morgan fingerprint density at radius 2 is 2.00 bits per heavy atom. The van der Waals surface area contributed by atoms with Crippen molar-refractivity contribution in [3.05, 3.63) is 75.7 Å². The number of aromatic nitrogens is 1. The molecule has 1 aromatic heterocycles. The molecule has 1 N–H and O–H groups in total. The minimum atomic E-state index is -0.183. The van der Waals surface area contributed by atoms with E-state index in [0.717, 1.165) is 27.6 Å². The number of carbonyl (C=O) groups is 1. The number of hydrogen-bond acceptors (Lipinski definition) is 4. The Balaban J connectivity index is 1.66. The number of rotatable bonds is 5. The Morgan fingerprint density at radius 1 is 1.21 bits per heavy atom. The molecule has 2 aromatic carbocycles. The second kappa shape index (κ2) is 7.27. The van der Waals surface area contributed by atoms with Crippen LogP contribution >= 0.6 is 11.3 Å². The zero-order valence-corrected chi connectivity index (χ0v) is 14.4. The van der Waals surface area contributed by atoms with Crippen molar-refractivity contribution < 1.29 is 9.53 Å². The van der Waals surface area contributed by atoms with Crippen LogP contribution in [0.5, 0.6) is 5.75 Å². The summed E-state index contributed by atoms with van der Waals surface area (Å²) < 4.78 is 5.15. The summed E-state index contributed by atoms with van der Waals surface area (Å²) in [6.45, 7) is 1.99. The van der Waals surface area contributed by atoms with Crippen molar-refractivity contribution in [1.29, 1.82) is 0 Å². The largest absolute Gasteiger partial charge is 0.497 e. The van der Waals surface area contributed by atoms with E-state index in [0.29, 0.717) is 12.1 Å². The van der Waals surface area contributed by atoms with E-state index in [4.69, 9.17) is 4.74 Å². The molecule has 0 radical (unpaired) electrons. The number of hydrogen-bond donors (Lipinski definition) is 1. The molecule has 0 aliphatic heterocycles.